The minimum atomic E-state index is -0.946. The van der Waals surface area contributed by atoms with E-state index < -0.39 is 33.9 Å². The van der Waals surface area contributed by atoms with Crippen LogP contribution < -0.4 is 17.2 Å². The molecule has 2 saturated heterocycles. The molecule has 2 heterocycles. The molecule has 0 aliphatic carbocycles. The maximum atomic E-state index is 14.3. The van der Waals surface area contributed by atoms with E-state index in [1.54, 1.807) is 0 Å². The van der Waals surface area contributed by atoms with E-state index in [0.29, 0.717) is 77.5 Å². The highest BCUT2D eigenvalue weighted by Gasteiger charge is 2.46. The molecule has 0 aromatic carbocycles. The van der Waals surface area contributed by atoms with Gasteiger partial charge >= 0.3 is 11.9 Å². The predicted octanol–water partition coefficient (Wildman–Crippen LogP) is 8.19. The molecule has 424 valence electrons. The van der Waals surface area contributed by atoms with Crippen LogP contribution in [0, 0.1) is 38.9 Å². The topological polar surface area (TPSA) is 266 Å². The van der Waals surface area contributed by atoms with Crippen LogP contribution in [0.2, 0.25) is 0 Å². The van der Waals surface area contributed by atoms with Gasteiger partial charge in [-0.3, -0.25) is 24.0 Å². The smallest absolute Gasteiger partial charge is 0.311 e. The van der Waals surface area contributed by atoms with Gasteiger partial charge in [0.25, 0.3) is 0 Å². The number of rotatable bonds is 40. The second-order valence-corrected chi connectivity index (χ2v) is 23.1. The van der Waals surface area contributed by atoms with Gasteiger partial charge in [-0.05, 0) is 97.3 Å². The third-order valence-electron chi connectivity index (χ3n) is 14.6. The van der Waals surface area contributed by atoms with E-state index in [1.807, 2.05) is 55.4 Å². The SMILES string of the molecule is CCC(C)(C)C(=O)OCC(O)CN.CCCC(C)COCC(O)CN.CCCCCC(C)(CCCC)C(=O)CCCC(=O)C(C)(CC(COCC1CO1)CC(C)(CC)C(N)=O)CC(C)(C)C(=O)OCC1CO1. The predicted molar refractivity (Wildman–Crippen MR) is 284 cm³/mol. The van der Waals surface area contributed by atoms with Crippen LogP contribution in [-0.4, -0.2) is 130 Å². The summed E-state index contributed by atoms with van der Waals surface area (Å²) in [7, 11) is 0. The van der Waals surface area contributed by atoms with Crippen molar-refractivity contribution in [3.05, 3.63) is 0 Å². The molecule has 0 aromatic heterocycles. The van der Waals surface area contributed by atoms with Gasteiger partial charge in [-0.1, -0.05) is 101 Å². The maximum absolute atomic E-state index is 14.3. The van der Waals surface area contributed by atoms with Crippen molar-refractivity contribution in [1.29, 1.82) is 0 Å². The fourth-order valence-corrected chi connectivity index (χ4v) is 8.65. The number of esters is 2. The fraction of sp³-hybridized carbons (Fsp3) is 0.911. The highest BCUT2D eigenvalue weighted by atomic mass is 16.6. The zero-order chi connectivity index (χ0) is 55.2. The van der Waals surface area contributed by atoms with E-state index in [1.165, 1.54) is 12.8 Å². The van der Waals surface area contributed by atoms with Crippen LogP contribution in [0.5, 0.6) is 0 Å². The highest BCUT2D eigenvalue weighted by Crippen LogP contribution is 2.45. The van der Waals surface area contributed by atoms with Crippen LogP contribution in [0.3, 0.4) is 0 Å². The number of aliphatic hydroxyl groups is 2. The number of epoxide rings is 2. The van der Waals surface area contributed by atoms with Crippen molar-refractivity contribution < 1.29 is 62.6 Å². The normalized spacial score (nSPS) is 19.5. The molecule has 9 atom stereocenters. The Balaban J connectivity index is 0.00000164. The van der Waals surface area contributed by atoms with Crippen molar-refractivity contribution in [2.75, 3.05) is 65.9 Å². The van der Waals surface area contributed by atoms with Gasteiger partial charge in [0.05, 0.1) is 43.4 Å². The number of aliphatic hydroxyl groups excluding tert-OH is 2. The lowest BCUT2D eigenvalue weighted by atomic mass is 9.64. The standard InChI is InChI=1S/C38H67NO8.C9H19NO3.C9H21NO2/c1-9-12-14-19-37(7,18-13-10-2)31(40)16-15-17-32(41)38(8,27-35(4,5)34(43)47-26-30-25-46-30)21-28(22-44-23-29-24-45-29)20-36(6,11-3)33(39)42;1-4-9(2,3)8(12)13-6-7(11)5-10;1-3-4-8(2)6-12-7-9(11)5-10/h28-30H,9-27H2,1-8H3,(H2,39,42);7,11H,4-6,10H2,1-3H3;8-9,11H,3-7,10H2,1-2H3. The lowest BCUT2D eigenvalue weighted by Gasteiger charge is -2.39. The molecule has 16 nitrogen and oxygen atoms in total. The van der Waals surface area contributed by atoms with E-state index in [-0.39, 0.29) is 92.1 Å². The van der Waals surface area contributed by atoms with Crippen molar-refractivity contribution in [3.8, 4) is 0 Å². The Morgan fingerprint density at radius 2 is 1.11 bits per heavy atom. The Labute approximate surface area is 436 Å². The van der Waals surface area contributed by atoms with Gasteiger partial charge in [0.1, 0.15) is 43.1 Å². The lowest BCUT2D eigenvalue weighted by Crippen LogP contribution is -2.42. The molecule has 2 fully saturated rings. The Bertz CT molecular complexity index is 1540. The van der Waals surface area contributed by atoms with Gasteiger partial charge in [-0.25, -0.2) is 0 Å². The summed E-state index contributed by atoms with van der Waals surface area (Å²) < 4.78 is 32.3. The monoisotopic (exact) mass is 1030 g/mol. The molecule has 0 bridgehead atoms. The number of primary amides is 1. The number of unbranched alkanes of at least 4 members (excludes halogenated alkanes) is 3. The number of ether oxygens (including phenoxy) is 6. The van der Waals surface area contributed by atoms with E-state index in [0.717, 1.165) is 51.6 Å². The average molecular weight is 1030 g/mol. The minimum Gasteiger partial charge on any atom is -0.462 e. The second kappa shape index (κ2) is 35.6. The van der Waals surface area contributed by atoms with Crippen molar-refractivity contribution >= 4 is 29.4 Å². The molecular formula is C56H107N3O13. The Kier molecular flexibility index (Phi) is 34.4. The van der Waals surface area contributed by atoms with Crippen LogP contribution in [0.15, 0.2) is 0 Å². The number of hydrogen-bond acceptors (Lipinski definition) is 15. The van der Waals surface area contributed by atoms with Crippen molar-refractivity contribution in [2.24, 2.45) is 56.1 Å². The summed E-state index contributed by atoms with van der Waals surface area (Å²) >= 11 is 0. The van der Waals surface area contributed by atoms with Crippen LogP contribution >= 0.6 is 0 Å². The Morgan fingerprint density at radius 1 is 0.597 bits per heavy atom. The summed E-state index contributed by atoms with van der Waals surface area (Å²) in [4.78, 5) is 65.1. The fourth-order valence-electron chi connectivity index (χ4n) is 8.65. The first-order valence-corrected chi connectivity index (χ1v) is 27.5. The summed E-state index contributed by atoms with van der Waals surface area (Å²) in [5, 5.41) is 18.1. The van der Waals surface area contributed by atoms with Crippen LogP contribution in [0.25, 0.3) is 0 Å². The third kappa shape index (κ3) is 28.9. The molecule has 2 aliphatic heterocycles. The van der Waals surface area contributed by atoms with E-state index >= 15 is 0 Å². The quantitative estimate of drug-likeness (QED) is 0.0220. The first-order valence-electron chi connectivity index (χ1n) is 27.5. The molecule has 0 aromatic rings. The van der Waals surface area contributed by atoms with Crippen LogP contribution in [0.1, 0.15) is 199 Å². The molecule has 8 N–H and O–H groups in total. The number of carbonyl (C=O) groups excluding carboxylic acids is 5. The van der Waals surface area contributed by atoms with Gasteiger partial charge in [-0.15, -0.1) is 0 Å². The van der Waals surface area contributed by atoms with Crippen molar-refractivity contribution in [3.63, 3.8) is 0 Å². The van der Waals surface area contributed by atoms with Gasteiger partial charge in [-0.2, -0.15) is 0 Å². The number of carbonyl (C=O) groups is 5. The van der Waals surface area contributed by atoms with Gasteiger partial charge in [0.2, 0.25) is 5.91 Å². The summed E-state index contributed by atoms with van der Waals surface area (Å²) in [5.41, 5.74) is 12.8. The second-order valence-electron chi connectivity index (χ2n) is 23.1. The molecule has 2 aliphatic rings. The molecule has 0 radical (unpaired) electrons. The van der Waals surface area contributed by atoms with Gasteiger partial charge in [0.15, 0.2) is 0 Å². The molecule has 9 unspecified atom stereocenters. The van der Waals surface area contributed by atoms with Crippen molar-refractivity contribution in [2.45, 2.75) is 224 Å². The number of amides is 1. The zero-order valence-electron chi connectivity index (χ0n) is 47.7. The molecular weight excluding hydrogens is 923 g/mol. The van der Waals surface area contributed by atoms with E-state index in [4.69, 9.17) is 55.8 Å². The summed E-state index contributed by atoms with van der Waals surface area (Å²) in [6.07, 6.45) is 11.7. The summed E-state index contributed by atoms with van der Waals surface area (Å²) in [6, 6.07) is 0. The summed E-state index contributed by atoms with van der Waals surface area (Å²) in [6.45, 7) is 29.4. The number of hydrogen-bond donors (Lipinski definition) is 5. The third-order valence-corrected chi connectivity index (χ3v) is 14.6. The molecule has 72 heavy (non-hydrogen) atoms. The molecule has 0 saturated carbocycles. The minimum absolute atomic E-state index is 0.0151. The van der Waals surface area contributed by atoms with E-state index in [2.05, 4.69) is 34.6 Å². The molecule has 16 heteroatoms. The first kappa shape index (κ1) is 69.4. The van der Waals surface area contributed by atoms with Gasteiger partial charge < -0.3 is 55.8 Å². The molecule has 0 spiro atoms. The summed E-state index contributed by atoms with van der Waals surface area (Å²) in [5.74, 6) is -0.345. The van der Waals surface area contributed by atoms with Crippen LogP contribution in [-0.2, 0) is 52.4 Å². The Hall–Kier alpha value is -2.57. The number of nitrogens with two attached hydrogens (primary N) is 3. The van der Waals surface area contributed by atoms with Crippen LogP contribution in [0.4, 0.5) is 0 Å². The van der Waals surface area contributed by atoms with E-state index in [9.17, 15) is 24.0 Å². The molecule has 2 rings (SSSR count). The average Bonchev–Trinajstić information content (AvgIpc) is 4.29. The molecule has 1 amide bonds. The number of ketones is 2. The highest BCUT2D eigenvalue weighted by molar-refractivity contribution is 5.88. The largest absolute Gasteiger partial charge is 0.462 e. The lowest BCUT2D eigenvalue weighted by molar-refractivity contribution is -0.158. The van der Waals surface area contributed by atoms with Crippen molar-refractivity contribution in [1.82, 2.24) is 0 Å². The Morgan fingerprint density at radius 3 is 1.61 bits per heavy atom. The first-order chi connectivity index (χ1) is 33.7. The zero-order valence-corrected chi connectivity index (χ0v) is 47.7. The number of Topliss-reactive ketones (excluding diaryl/α,β-unsaturated/α-hetero) is 2. The van der Waals surface area contributed by atoms with Gasteiger partial charge in [0, 0.05) is 55.4 Å². The maximum Gasteiger partial charge on any atom is 0.311 e.